The van der Waals surface area contributed by atoms with E-state index in [4.69, 9.17) is 4.52 Å². The maximum absolute atomic E-state index is 12.5. The molecule has 1 aliphatic heterocycles. The van der Waals surface area contributed by atoms with Gasteiger partial charge in [0.25, 0.3) is 11.8 Å². The van der Waals surface area contributed by atoms with Crippen LogP contribution in [0.25, 0.3) is 11.4 Å². The monoisotopic (exact) mass is 320 g/mol. The number of hydrogen-bond acceptors (Lipinski definition) is 6. The van der Waals surface area contributed by atoms with Crippen LogP contribution in [0.15, 0.2) is 53.3 Å². The van der Waals surface area contributed by atoms with Crippen molar-refractivity contribution in [1.82, 2.24) is 20.0 Å². The summed E-state index contributed by atoms with van der Waals surface area (Å²) in [6, 6.07) is 9.58. The van der Waals surface area contributed by atoms with Gasteiger partial charge in [0.2, 0.25) is 11.7 Å². The maximum atomic E-state index is 12.5. The van der Waals surface area contributed by atoms with Crippen molar-refractivity contribution < 1.29 is 14.1 Å². The summed E-state index contributed by atoms with van der Waals surface area (Å²) < 4.78 is 5.26. The predicted molar refractivity (Wildman–Crippen MR) is 82.9 cm³/mol. The molecular weight excluding hydrogens is 308 g/mol. The van der Waals surface area contributed by atoms with E-state index in [9.17, 15) is 9.59 Å². The topological polar surface area (TPSA) is 89.2 Å². The summed E-state index contributed by atoms with van der Waals surface area (Å²) in [6.07, 6.45) is 3.25. The van der Waals surface area contributed by atoms with Gasteiger partial charge >= 0.3 is 0 Å². The Kier molecular flexibility index (Phi) is 3.19. The maximum Gasteiger partial charge on any atom is 0.262 e. The quantitative estimate of drug-likeness (QED) is 0.689. The summed E-state index contributed by atoms with van der Waals surface area (Å²) in [5, 5.41) is 3.91. The Balaban J connectivity index is 1.66. The van der Waals surface area contributed by atoms with Crippen LogP contribution in [0.5, 0.6) is 0 Å². The molecule has 0 radical (unpaired) electrons. The normalized spacial score (nSPS) is 14.8. The lowest BCUT2D eigenvalue weighted by Crippen LogP contribution is -2.32. The Morgan fingerprint density at radius 1 is 1.00 bits per heavy atom. The number of rotatable bonds is 3. The van der Waals surface area contributed by atoms with Crippen LogP contribution in [-0.4, -0.2) is 31.8 Å². The minimum Gasteiger partial charge on any atom is -0.337 e. The number of amides is 2. The molecule has 0 bridgehead atoms. The van der Waals surface area contributed by atoms with Gasteiger partial charge in [-0.15, -0.1) is 0 Å². The second kappa shape index (κ2) is 5.38. The van der Waals surface area contributed by atoms with Crippen molar-refractivity contribution in [2.45, 2.75) is 13.0 Å². The highest BCUT2D eigenvalue weighted by Gasteiger charge is 2.40. The van der Waals surface area contributed by atoms with E-state index in [2.05, 4.69) is 15.1 Å². The molecule has 0 fully saturated rings. The molecule has 0 saturated carbocycles. The summed E-state index contributed by atoms with van der Waals surface area (Å²) in [7, 11) is 0. The number of hydrogen-bond donors (Lipinski definition) is 0. The van der Waals surface area contributed by atoms with E-state index in [1.165, 1.54) is 0 Å². The molecule has 7 nitrogen and oxygen atoms in total. The summed E-state index contributed by atoms with van der Waals surface area (Å²) in [4.78, 5) is 34.4. The van der Waals surface area contributed by atoms with Crippen LogP contribution in [0.2, 0.25) is 0 Å². The van der Waals surface area contributed by atoms with E-state index < -0.39 is 6.04 Å². The average molecular weight is 320 g/mol. The number of imide groups is 1. The predicted octanol–water partition coefficient (Wildman–Crippen LogP) is 2.49. The molecule has 1 aromatic carbocycles. The highest BCUT2D eigenvalue weighted by Crippen LogP contribution is 2.31. The molecule has 2 amide bonds. The molecule has 0 spiro atoms. The van der Waals surface area contributed by atoms with Crippen LogP contribution in [0.4, 0.5) is 0 Å². The Bertz CT molecular complexity index is 901. The van der Waals surface area contributed by atoms with E-state index >= 15 is 0 Å². The molecule has 3 heterocycles. The molecule has 24 heavy (non-hydrogen) atoms. The van der Waals surface area contributed by atoms with Crippen molar-refractivity contribution in [2.24, 2.45) is 0 Å². The number of nitrogens with zero attached hydrogens (tertiary/aromatic N) is 4. The molecular formula is C17H12N4O3. The van der Waals surface area contributed by atoms with Crippen LogP contribution < -0.4 is 0 Å². The molecule has 118 valence electrons. The van der Waals surface area contributed by atoms with Gasteiger partial charge in [-0.2, -0.15) is 4.98 Å². The van der Waals surface area contributed by atoms with E-state index in [0.29, 0.717) is 17.0 Å². The lowest BCUT2D eigenvalue weighted by molar-refractivity contribution is 0.0568. The molecule has 1 aliphatic rings. The summed E-state index contributed by atoms with van der Waals surface area (Å²) in [5.41, 5.74) is 1.53. The molecule has 7 heteroatoms. The fourth-order valence-electron chi connectivity index (χ4n) is 2.69. The summed E-state index contributed by atoms with van der Waals surface area (Å²) >= 11 is 0. The molecule has 0 saturated heterocycles. The summed E-state index contributed by atoms with van der Waals surface area (Å²) in [6.45, 7) is 1.69. The van der Waals surface area contributed by atoms with E-state index in [0.717, 1.165) is 10.5 Å². The minimum absolute atomic E-state index is 0.205. The third-order valence-corrected chi connectivity index (χ3v) is 3.95. The highest BCUT2D eigenvalue weighted by molar-refractivity contribution is 6.21. The van der Waals surface area contributed by atoms with Crippen molar-refractivity contribution in [1.29, 1.82) is 0 Å². The zero-order valence-corrected chi connectivity index (χ0v) is 12.7. The third kappa shape index (κ3) is 2.10. The first kappa shape index (κ1) is 14.3. The van der Waals surface area contributed by atoms with Crippen LogP contribution in [0, 0.1) is 0 Å². The Hall–Kier alpha value is -3.35. The number of pyridine rings is 1. The Morgan fingerprint density at radius 3 is 2.25 bits per heavy atom. The second-order valence-corrected chi connectivity index (χ2v) is 5.39. The number of carbonyl (C=O) groups excluding carboxylic acids is 2. The zero-order chi connectivity index (χ0) is 16.7. The number of carbonyl (C=O) groups is 2. The van der Waals surface area contributed by atoms with Gasteiger partial charge in [0.05, 0.1) is 11.1 Å². The molecule has 3 aromatic rings. The lowest BCUT2D eigenvalue weighted by Gasteiger charge is -2.18. The van der Waals surface area contributed by atoms with E-state index in [1.54, 1.807) is 55.7 Å². The van der Waals surface area contributed by atoms with Crippen molar-refractivity contribution in [3.63, 3.8) is 0 Å². The SMILES string of the molecule is C[C@@H](c1nc(-c2ccncc2)no1)N1C(=O)c2ccccc2C1=O. The number of fused-ring (bicyclic) bond motifs is 1. The number of aromatic nitrogens is 3. The Labute approximate surface area is 136 Å². The van der Waals surface area contributed by atoms with E-state index in [1.807, 2.05) is 0 Å². The van der Waals surface area contributed by atoms with Crippen molar-refractivity contribution in [2.75, 3.05) is 0 Å². The van der Waals surface area contributed by atoms with Crippen molar-refractivity contribution in [3.8, 4) is 11.4 Å². The van der Waals surface area contributed by atoms with E-state index in [-0.39, 0.29) is 17.7 Å². The average Bonchev–Trinajstić information content (AvgIpc) is 3.20. The summed E-state index contributed by atoms with van der Waals surface area (Å²) in [5.74, 6) is -0.120. The van der Waals surface area contributed by atoms with Crippen molar-refractivity contribution in [3.05, 3.63) is 65.8 Å². The highest BCUT2D eigenvalue weighted by atomic mass is 16.5. The molecule has 0 unspecified atom stereocenters. The minimum atomic E-state index is -0.652. The van der Waals surface area contributed by atoms with Crippen LogP contribution in [0.1, 0.15) is 39.6 Å². The van der Waals surface area contributed by atoms with Crippen molar-refractivity contribution >= 4 is 11.8 Å². The van der Waals surface area contributed by atoms with Gasteiger partial charge in [0.1, 0.15) is 6.04 Å². The van der Waals surface area contributed by atoms with Gasteiger partial charge in [-0.05, 0) is 31.2 Å². The molecule has 0 N–H and O–H groups in total. The molecule has 4 rings (SSSR count). The number of benzene rings is 1. The van der Waals surface area contributed by atoms with Gasteiger partial charge in [0, 0.05) is 18.0 Å². The van der Waals surface area contributed by atoms with Crippen LogP contribution in [-0.2, 0) is 0 Å². The fraction of sp³-hybridized carbons (Fsp3) is 0.118. The smallest absolute Gasteiger partial charge is 0.262 e. The standard InChI is InChI=1S/C17H12N4O3/c1-10(15-19-14(20-24-15)11-6-8-18-9-7-11)21-16(22)12-4-2-3-5-13(12)17(21)23/h2-10H,1H3/t10-/m0/s1. The first-order valence-electron chi connectivity index (χ1n) is 7.37. The molecule has 1 atom stereocenters. The molecule has 2 aromatic heterocycles. The lowest BCUT2D eigenvalue weighted by atomic mass is 10.1. The zero-order valence-electron chi connectivity index (χ0n) is 12.7. The van der Waals surface area contributed by atoms with Gasteiger partial charge < -0.3 is 4.52 Å². The second-order valence-electron chi connectivity index (χ2n) is 5.39. The fourth-order valence-corrected chi connectivity index (χ4v) is 2.69. The van der Waals surface area contributed by atoms with Gasteiger partial charge in [0.15, 0.2) is 0 Å². The van der Waals surface area contributed by atoms with Gasteiger partial charge in [-0.3, -0.25) is 19.5 Å². The first-order chi connectivity index (χ1) is 11.7. The Morgan fingerprint density at radius 2 is 1.62 bits per heavy atom. The van der Waals surface area contributed by atoms with Crippen LogP contribution >= 0.6 is 0 Å². The molecule has 0 aliphatic carbocycles. The van der Waals surface area contributed by atoms with Crippen LogP contribution in [0.3, 0.4) is 0 Å². The van der Waals surface area contributed by atoms with Gasteiger partial charge in [-0.25, -0.2) is 0 Å². The third-order valence-electron chi connectivity index (χ3n) is 3.95. The first-order valence-corrected chi connectivity index (χ1v) is 7.37. The largest absolute Gasteiger partial charge is 0.337 e. The van der Waals surface area contributed by atoms with Gasteiger partial charge in [-0.1, -0.05) is 17.3 Å².